The molecule has 0 heterocycles. The van der Waals surface area contributed by atoms with Crippen molar-refractivity contribution in [2.75, 3.05) is 132 Å². The highest BCUT2D eigenvalue weighted by atomic mass is 31.2. The maximum Gasteiger partial charge on any atom is 0.472 e. The van der Waals surface area contributed by atoms with E-state index in [4.69, 9.17) is 60.7 Å². The Morgan fingerprint density at radius 2 is 0.792 bits per heavy atom. The molecule has 0 aromatic rings. The maximum absolute atomic E-state index is 12.8. The molecule has 8 aliphatic rings. The van der Waals surface area contributed by atoms with Crippen LogP contribution in [0.5, 0.6) is 0 Å². The summed E-state index contributed by atoms with van der Waals surface area (Å²) in [6.45, 7) is 29.9. The fraction of sp³-hybridized carbons (Fsp3) is 0.923. The molecule has 6 fully saturated rings. The first kappa shape index (κ1) is 84.6. The van der Waals surface area contributed by atoms with Gasteiger partial charge in [0.25, 0.3) is 0 Å². The molecule has 8 aliphatic carbocycles. The van der Waals surface area contributed by atoms with Crippen LogP contribution in [-0.4, -0.2) is 166 Å². The first-order chi connectivity index (χ1) is 48.3. The van der Waals surface area contributed by atoms with Crippen LogP contribution in [0.25, 0.3) is 0 Å². The third kappa shape index (κ3) is 24.7. The van der Waals surface area contributed by atoms with Gasteiger partial charge in [-0.15, -0.1) is 0 Å². The molecule has 4 N–H and O–H groups in total. The van der Waals surface area contributed by atoms with Gasteiger partial charge in [0.15, 0.2) is 0 Å². The number of hydrogen-bond donors (Lipinski definition) is 4. The number of amides is 2. The Kier molecular flexibility index (Phi) is 34.3. The summed E-state index contributed by atoms with van der Waals surface area (Å²) in [6, 6.07) is 0. The van der Waals surface area contributed by atoms with Crippen molar-refractivity contribution in [3.05, 3.63) is 23.3 Å². The molecule has 23 heteroatoms. The number of nitrogens with one attached hydrogen (secondary N) is 2. The lowest BCUT2D eigenvalue weighted by Gasteiger charge is -2.58. The minimum Gasteiger partial charge on any atom is -0.446 e. The van der Waals surface area contributed by atoms with E-state index in [1.165, 1.54) is 114 Å². The van der Waals surface area contributed by atoms with Gasteiger partial charge in [-0.25, -0.2) is 18.7 Å². The van der Waals surface area contributed by atoms with Crippen LogP contribution in [0.4, 0.5) is 9.59 Å². The maximum atomic E-state index is 12.8. The number of carbonyl (C=O) groups is 2. The highest BCUT2D eigenvalue weighted by Gasteiger charge is 2.61. The van der Waals surface area contributed by atoms with Crippen molar-refractivity contribution in [3.8, 4) is 0 Å². The number of allylic oxidation sites excluding steroid dienone is 2. The van der Waals surface area contributed by atoms with Crippen LogP contribution in [0.1, 0.15) is 217 Å². The average Bonchev–Trinajstić information content (AvgIpc) is 1.69. The predicted molar refractivity (Wildman–Crippen MR) is 391 cm³/mol. The Labute approximate surface area is 608 Å². The van der Waals surface area contributed by atoms with Gasteiger partial charge in [0, 0.05) is 31.8 Å². The van der Waals surface area contributed by atoms with Gasteiger partial charge < -0.3 is 63.1 Å². The molecule has 584 valence electrons. The Bertz CT molecular complexity index is 2650. The Hall–Kier alpha value is -2.04. The molecule has 0 aliphatic heterocycles. The summed E-state index contributed by atoms with van der Waals surface area (Å²) in [5.74, 6) is 9.04. The van der Waals surface area contributed by atoms with Crippen LogP contribution in [-0.2, 0) is 69.9 Å². The minimum absolute atomic E-state index is 0.0141. The molecule has 0 radical (unpaired) electrons. The lowest BCUT2D eigenvalue weighted by molar-refractivity contribution is -0.0581. The van der Waals surface area contributed by atoms with Crippen molar-refractivity contribution in [1.82, 2.24) is 10.6 Å². The molecule has 13 unspecified atom stereocenters. The Balaban J connectivity index is 0.538. The second-order valence-electron chi connectivity index (χ2n) is 33.6. The number of fused-ring (bicyclic) bond motifs is 10. The number of phosphoric ester groups is 2. The van der Waals surface area contributed by atoms with E-state index in [-0.39, 0.29) is 95.2 Å². The van der Waals surface area contributed by atoms with Crippen LogP contribution in [0, 0.1) is 98.6 Å². The summed E-state index contributed by atoms with van der Waals surface area (Å²) in [5.41, 5.74) is 4.40. The van der Waals surface area contributed by atoms with Crippen LogP contribution >= 0.6 is 15.6 Å². The third-order valence-corrected chi connectivity index (χ3v) is 27.9. The van der Waals surface area contributed by atoms with Crippen molar-refractivity contribution in [3.63, 3.8) is 0 Å². The Morgan fingerprint density at radius 1 is 0.446 bits per heavy atom. The molecule has 2 amide bonds. The van der Waals surface area contributed by atoms with Crippen LogP contribution in [0.2, 0.25) is 0 Å². The van der Waals surface area contributed by atoms with E-state index < -0.39 is 27.7 Å². The van der Waals surface area contributed by atoms with Crippen LogP contribution in [0.3, 0.4) is 0 Å². The third-order valence-electron chi connectivity index (χ3n) is 26.0. The molecule has 0 aromatic heterocycles. The lowest BCUT2D eigenvalue weighted by atomic mass is 9.47. The smallest absolute Gasteiger partial charge is 0.446 e. The largest absolute Gasteiger partial charge is 0.472 e. The zero-order chi connectivity index (χ0) is 72.7. The minimum atomic E-state index is -4.43. The molecular weight excluding hydrogens is 1330 g/mol. The fourth-order valence-corrected chi connectivity index (χ4v) is 22.3. The predicted octanol–water partition coefficient (Wildman–Crippen LogP) is 16.3. The van der Waals surface area contributed by atoms with Gasteiger partial charge in [-0.1, -0.05) is 138 Å². The van der Waals surface area contributed by atoms with E-state index in [0.29, 0.717) is 76.8 Å². The zero-order valence-electron chi connectivity index (χ0n) is 64.2. The van der Waals surface area contributed by atoms with Gasteiger partial charge in [0.1, 0.15) is 12.2 Å². The zero-order valence-corrected chi connectivity index (χ0v) is 66.0. The SMILES string of the molecule is CC(C)CCCC(C)C1CCC2C3CC=C4C[C@H](OC(=O)NCCOCCOCCOCCOCCOP(=O)(O)OCC(C)COP(=O)(O)OCCOCCOCCOCCNC(=O)O[C@@H]5CC[C@]6(C)C(=CCC7C8CCC(C(C)CCCC(C)C)[C@]8(C)CCC76)C5)CC[C@@]4(C)C3CC[C@@]12C. The topological polar surface area (TPSA) is 253 Å². The number of ether oxygens (including phenoxy) is 9. The van der Waals surface area contributed by atoms with Crippen molar-refractivity contribution in [2.45, 2.75) is 230 Å². The molecule has 8 rings (SSSR count). The van der Waals surface area contributed by atoms with Gasteiger partial charge in [-0.3, -0.25) is 18.1 Å². The standard InChI is InChI=1S/C78H138N2O19P2/c1-56(2)14-12-16-59(6)67-22-24-69-65-20-18-61-52-63(26-30-75(61,8)71(65)28-32-77(67,69)10)98-73(81)79-34-36-87-38-40-89-42-43-91-45-47-93-49-51-95-101(85,86)97-55-58(5)54-96-100(83,84)94-50-48-92-46-44-90-41-39-88-37-35-80-74(82)99-64-27-31-76(9)62(53-64)19-21-66-70-25-23-68(60(7)17-13-15-57(3)4)78(70,11)33-29-72(66)76/h18-19,56-60,63-72H,12-17,20-55H2,1-11H3,(H,79,81)(H,80,82)(H,83,84)(H,85,86)/t58?,59?,60?,63-,64-,65?,66?,67?,68?,69?,70?,71?,72?,75-,76-,77+,78+/m1/s1. The van der Waals surface area contributed by atoms with Crippen molar-refractivity contribution in [2.24, 2.45) is 98.6 Å². The lowest BCUT2D eigenvalue weighted by Crippen LogP contribution is -2.51. The Morgan fingerprint density at radius 3 is 1.15 bits per heavy atom. The second-order valence-corrected chi connectivity index (χ2v) is 36.5. The van der Waals surface area contributed by atoms with E-state index >= 15 is 0 Å². The fourth-order valence-electron chi connectivity index (χ4n) is 20.6. The van der Waals surface area contributed by atoms with Crippen LogP contribution < -0.4 is 10.6 Å². The first-order valence-electron chi connectivity index (χ1n) is 39.8. The summed E-state index contributed by atoms with van der Waals surface area (Å²) in [6.07, 6.45) is 31.3. The summed E-state index contributed by atoms with van der Waals surface area (Å²) in [4.78, 5) is 45.8. The van der Waals surface area contributed by atoms with Gasteiger partial charge in [-0.2, -0.15) is 0 Å². The molecule has 21 nitrogen and oxygen atoms in total. The number of phosphoric acid groups is 2. The molecular formula is C78H138N2O19P2. The van der Waals surface area contributed by atoms with Gasteiger partial charge in [0.05, 0.1) is 119 Å². The number of hydrogen-bond acceptors (Lipinski definition) is 17. The van der Waals surface area contributed by atoms with E-state index in [2.05, 4.69) is 92.0 Å². The summed E-state index contributed by atoms with van der Waals surface area (Å²) in [7, 11) is -8.87. The molecule has 19 atom stereocenters. The molecule has 0 aromatic carbocycles. The van der Waals surface area contributed by atoms with Crippen molar-refractivity contribution < 1.29 is 89.2 Å². The normalized spacial score (nSPS) is 32.7. The first-order valence-corrected chi connectivity index (χ1v) is 42.8. The summed E-state index contributed by atoms with van der Waals surface area (Å²) >= 11 is 0. The second kappa shape index (κ2) is 41.0. The van der Waals surface area contributed by atoms with Gasteiger partial charge in [-0.05, 0) is 183 Å². The monoisotopic (exact) mass is 1470 g/mol. The van der Waals surface area contributed by atoms with E-state index in [0.717, 1.165) is 110 Å². The number of carbonyl (C=O) groups excluding carboxylic acids is 2. The highest BCUT2D eigenvalue weighted by molar-refractivity contribution is 7.47. The average molecular weight is 1470 g/mol. The van der Waals surface area contributed by atoms with E-state index in [1.807, 2.05) is 0 Å². The van der Waals surface area contributed by atoms with Gasteiger partial charge >= 0.3 is 27.8 Å². The highest BCUT2D eigenvalue weighted by Crippen LogP contribution is 2.69. The van der Waals surface area contributed by atoms with E-state index in [9.17, 15) is 28.5 Å². The molecule has 6 saturated carbocycles. The number of rotatable bonds is 47. The van der Waals surface area contributed by atoms with Crippen molar-refractivity contribution in [1.29, 1.82) is 0 Å². The molecule has 101 heavy (non-hydrogen) atoms. The molecule has 0 bridgehead atoms. The van der Waals surface area contributed by atoms with Crippen LogP contribution in [0.15, 0.2) is 23.3 Å². The quantitative estimate of drug-likeness (QED) is 0.0251. The molecule has 0 saturated heterocycles. The summed E-state index contributed by atoms with van der Waals surface area (Å²) < 4.78 is 95.5. The van der Waals surface area contributed by atoms with Gasteiger partial charge in [0.2, 0.25) is 0 Å². The van der Waals surface area contributed by atoms with Crippen molar-refractivity contribution >= 4 is 27.8 Å². The summed E-state index contributed by atoms with van der Waals surface area (Å²) in [5, 5.41) is 5.71. The molecule has 0 spiro atoms. The van der Waals surface area contributed by atoms with E-state index in [1.54, 1.807) is 6.92 Å². The number of alkyl carbamates (subject to hydrolysis) is 2.